The van der Waals surface area contributed by atoms with Crippen LogP contribution in [0.25, 0.3) is 0 Å². The molecule has 0 saturated heterocycles. The first kappa shape index (κ1) is 11.7. The maximum absolute atomic E-state index is 9.76. The molecular weight excluding hydrogens is 212 g/mol. The summed E-state index contributed by atoms with van der Waals surface area (Å²) in [6.45, 7) is 7.36. The summed E-state index contributed by atoms with van der Waals surface area (Å²) in [6, 6.07) is 0. The smallest absolute Gasteiger partial charge is 0.0648 e. The molecule has 0 radical (unpaired) electrons. The second-order valence-corrected chi connectivity index (χ2v) is 7.53. The quantitative estimate of drug-likeness (QED) is 0.723. The SMILES string of the molecule is CC1(C)CC2C=C(CO)C3(CO)CC3(C)C2C1. The summed E-state index contributed by atoms with van der Waals surface area (Å²) in [4.78, 5) is 0. The number of allylic oxidation sites excluding steroid dienone is 1. The van der Waals surface area contributed by atoms with Crippen LogP contribution in [0.15, 0.2) is 11.6 Å². The molecule has 2 fully saturated rings. The van der Waals surface area contributed by atoms with E-state index in [1.165, 1.54) is 12.8 Å². The number of hydrogen-bond acceptors (Lipinski definition) is 2. The molecule has 0 aromatic heterocycles. The lowest BCUT2D eigenvalue weighted by Crippen LogP contribution is -2.32. The van der Waals surface area contributed by atoms with Gasteiger partial charge in [-0.15, -0.1) is 0 Å². The van der Waals surface area contributed by atoms with Crippen molar-refractivity contribution in [3.63, 3.8) is 0 Å². The molecule has 3 aliphatic carbocycles. The maximum atomic E-state index is 9.76. The summed E-state index contributed by atoms with van der Waals surface area (Å²) in [7, 11) is 0. The van der Waals surface area contributed by atoms with Crippen molar-refractivity contribution < 1.29 is 10.2 Å². The van der Waals surface area contributed by atoms with E-state index in [1.807, 2.05) is 0 Å². The molecule has 2 heteroatoms. The summed E-state index contributed by atoms with van der Waals surface area (Å²) in [5, 5.41) is 19.3. The molecule has 0 heterocycles. The molecule has 2 nitrogen and oxygen atoms in total. The van der Waals surface area contributed by atoms with E-state index in [0.717, 1.165) is 12.0 Å². The first-order chi connectivity index (χ1) is 7.88. The van der Waals surface area contributed by atoms with Gasteiger partial charge in [0, 0.05) is 5.41 Å². The van der Waals surface area contributed by atoms with Crippen molar-refractivity contribution in [3.8, 4) is 0 Å². The monoisotopic (exact) mass is 236 g/mol. The lowest BCUT2D eigenvalue weighted by molar-refractivity contribution is 0.130. The molecule has 2 saturated carbocycles. The Bertz CT molecular complexity index is 384. The number of aliphatic hydroxyl groups is 2. The van der Waals surface area contributed by atoms with Crippen LogP contribution in [-0.4, -0.2) is 23.4 Å². The van der Waals surface area contributed by atoms with Crippen LogP contribution < -0.4 is 0 Å². The van der Waals surface area contributed by atoms with Crippen LogP contribution in [0, 0.1) is 28.1 Å². The second kappa shape index (κ2) is 3.16. The fourth-order valence-electron chi connectivity index (χ4n) is 4.99. The van der Waals surface area contributed by atoms with Crippen molar-refractivity contribution in [1.82, 2.24) is 0 Å². The summed E-state index contributed by atoms with van der Waals surface area (Å²) in [5.41, 5.74) is 1.70. The maximum Gasteiger partial charge on any atom is 0.0648 e. The first-order valence-electron chi connectivity index (χ1n) is 6.81. The van der Waals surface area contributed by atoms with Crippen LogP contribution in [0.2, 0.25) is 0 Å². The zero-order valence-electron chi connectivity index (χ0n) is 11.2. The van der Waals surface area contributed by atoms with Crippen molar-refractivity contribution in [2.45, 2.75) is 40.0 Å². The van der Waals surface area contributed by atoms with Crippen LogP contribution in [0.5, 0.6) is 0 Å². The third-order valence-corrected chi connectivity index (χ3v) is 6.00. The Balaban J connectivity index is 2.01. The molecule has 0 aromatic carbocycles. The molecule has 4 unspecified atom stereocenters. The Morgan fingerprint density at radius 3 is 2.53 bits per heavy atom. The van der Waals surface area contributed by atoms with Gasteiger partial charge in [0.15, 0.2) is 0 Å². The van der Waals surface area contributed by atoms with Gasteiger partial charge in [-0.25, -0.2) is 0 Å². The zero-order valence-corrected chi connectivity index (χ0v) is 11.2. The van der Waals surface area contributed by atoms with Crippen LogP contribution >= 0.6 is 0 Å². The zero-order chi connectivity index (χ0) is 12.5. The van der Waals surface area contributed by atoms with Crippen molar-refractivity contribution in [2.24, 2.45) is 28.1 Å². The second-order valence-electron chi connectivity index (χ2n) is 7.53. The van der Waals surface area contributed by atoms with Crippen molar-refractivity contribution in [1.29, 1.82) is 0 Å². The summed E-state index contributed by atoms with van der Waals surface area (Å²) < 4.78 is 0. The number of rotatable bonds is 2. The average Bonchev–Trinajstić information content (AvgIpc) is 2.77. The predicted molar refractivity (Wildman–Crippen MR) is 67.4 cm³/mol. The van der Waals surface area contributed by atoms with Crippen molar-refractivity contribution >= 4 is 0 Å². The van der Waals surface area contributed by atoms with Gasteiger partial charge in [-0.1, -0.05) is 26.8 Å². The number of aliphatic hydroxyl groups excluding tert-OH is 2. The van der Waals surface area contributed by atoms with Crippen molar-refractivity contribution in [2.75, 3.05) is 13.2 Å². The average molecular weight is 236 g/mol. The predicted octanol–water partition coefficient (Wildman–Crippen LogP) is 2.36. The van der Waals surface area contributed by atoms with Crippen LogP contribution in [0.4, 0.5) is 0 Å². The van der Waals surface area contributed by atoms with E-state index < -0.39 is 0 Å². The largest absolute Gasteiger partial charge is 0.395 e. The van der Waals surface area contributed by atoms with E-state index in [9.17, 15) is 10.2 Å². The van der Waals surface area contributed by atoms with E-state index in [1.54, 1.807) is 0 Å². The standard InChI is InChI=1S/C15H24O2/c1-13(2)5-10-4-11(7-16)15(9-17)8-14(15,3)12(10)6-13/h4,10,12,16-17H,5-9H2,1-3H3. The van der Waals surface area contributed by atoms with Gasteiger partial charge in [0.05, 0.1) is 13.2 Å². The van der Waals surface area contributed by atoms with Gasteiger partial charge in [-0.3, -0.25) is 0 Å². The molecule has 0 spiro atoms. The Morgan fingerprint density at radius 2 is 1.94 bits per heavy atom. The van der Waals surface area contributed by atoms with Gasteiger partial charge in [-0.2, -0.15) is 0 Å². The molecule has 0 aliphatic heterocycles. The number of fused-ring (bicyclic) bond motifs is 3. The minimum absolute atomic E-state index is 0.0800. The molecule has 96 valence electrons. The van der Waals surface area contributed by atoms with Gasteiger partial charge in [0.2, 0.25) is 0 Å². The Hall–Kier alpha value is -0.340. The molecule has 0 aromatic rings. The van der Waals surface area contributed by atoms with Crippen LogP contribution in [0.3, 0.4) is 0 Å². The van der Waals surface area contributed by atoms with E-state index in [0.29, 0.717) is 17.3 Å². The highest BCUT2D eigenvalue weighted by Crippen LogP contribution is 2.77. The topological polar surface area (TPSA) is 40.5 Å². The van der Waals surface area contributed by atoms with Crippen molar-refractivity contribution in [3.05, 3.63) is 11.6 Å². The fourth-order valence-corrected chi connectivity index (χ4v) is 4.99. The lowest BCUT2D eigenvalue weighted by atomic mass is 9.69. The molecule has 0 bridgehead atoms. The van der Waals surface area contributed by atoms with E-state index in [-0.39, 0.29) is 24.0 Å². The summed E-state index contributed by atoms with van der Waals surface area (Å²) >= 11 is 0. The van der Waals surface area contributed by atoms with E-state index in [4.69, 9.17) is 0 Å². The minimum atomic E-state index is -0.0800. The summed E-state index contributed by atoms with van der Waals surface area (Å²) in [6.07, 6.45) is 5.87. The molecule has 2 N–H and O–H groups in total. The van der Waals surface area contributed by atoms with Crippen LogP contribution in [-0.2, 0) is 0 Å². The normalized spacial score (nSPS) is 50.5. The van der Waals surface area contributed by atoms with E-state index in [2.05, 4.69) is 26.8 Å². The molecule has 3 rings (SSSR count). The molecular formula is C15H24O2. The fraction of sp³-hybridized carbons (Fsp3) is 0.867. The Morgan fingerprint density at radius 1 is 1.24 bits per heavy atom. The Labute approximate surface area is 104 Å². The van der Waals surface area contributed by atoms with Gasteiger partial charge < -0.3 is 10.2 Å². The number of hydrogen-bond donors (Lipinski definition) is 2. The van der Waals surface area contributed by atoms with E-state index >= 15 is 0 Å². The highest BCUT2D eigenvalue weighted by Gasteiger charge is 2.72. The van der Waals surface area contributed by atoms with Gasteiger partial charge in [0.1, 0.15) is 0 Å². The molecule has 4 atom stereocenters. The Kier molecular flexibility index (Phi) is 2.18. The molecule has 17 heavy (non-hydrogen) atoms. The lowest BCUT2D eigenvalue weighted by Gasteiger charge is -2.36. The van der Waals surface area contributed by atoms with Crippen LogP contribution in [0.1, 0.15) is 40.0 Å². The van der Waals surface area contributed by atoms with Gasteiger partial charge in [0.25, 0.3) is 0 Å². The first-order valence-corrected chi connectivity index (χ1v) is 6.81. The third-order valence-electron chi connectivity index (χ3n) is 6.00. The molecule has 0 amide bonds. The highest BCUT2D eigenvalue weighted by molar-refractivity contribution is 5.38. The van der Waals surface area contributed by atoms with Gasteiger partial charge in [-0.05, 0) is 47.5 Å². The molecule has 3 aliphatic rings. The van der Waals surface area contributed by atoms with Gasteiger partial charge >= 0.3 is 0 Å². The summed E-state index contributed by atoms with van der Waals surface area (Å²) in [5.74, 6) is 1.33. The minimum Gasteiger partial charge on any atom is -0.395 e. The highest BCUT2D eigenvalue weighted by atomic mass is 16.3. The third kappa shape index (κ3) is 1.29.